The first-order valence-corrected chi connectivity index (χ1v) is 13.1. The van der Waals surface area contributed by atoms with E-state index in [1.807, 2.05) is 18.6 Å². The highest BCUT2D eigenvalue weighted by molar-refractivity contribution is 7.90. The Bertz CT molecular complexity index is 1380. The van der Waals surface area contributed by atoms with Gasteiger partial charge in [-0.2, -0.15) is 13.5 Å². The van der Waals surface area contributed by atoms with E-state index in [2.05, 4.69) is 15.2 Å². The number of amides is 1. The summed E-state index contributed by atoms with van der Waals surface area (Å²) in [6, 6.07) is 8.00. The van der Waals surface area contributed by atoms with Crippen LogP contribution in [-0.2, 0) is 10.0 Å². The highest BCUT2D eigenvalue weighted by atomic mass is 32.2. The standard InChI is InChI=1S/C24H26F3N5O4S.H2/c1-15(2)14-36-18-12-16(11-17(25)13-18)20-4-3-19(22(29-20)32-9-6-24(26,27)7-10-32)23(33)31-37(34,35)21-5-8-28-30-21;/h3-5,8,11-13,15H,6-7,9-10,14H2,1-2H3,(H,28,30)(H,31,33);1H. The zero-order valence-corrected chi connectivity index (χ0v) is 21.0. The molecule has 3 aromatic rings. The van der Waals surface area contributed by atoms with E-state index in [-0.39, 0.29) is 48.3 Å². The molecule has 3 heterocycles. The maximum absolute atomic E-state index is 14.4. The number of ether oxygens (including phenoxy) is 1. The molecule has 0 bridgehead atoms. The van der Waals surface area contributed by atoms with Gasteiger partial charge in [-0.3, -0.25) is 9.89 Å². The number of piperidine rings is 1. The first-order valence-electron chi connectivity index (χ1n) is 11.6. The van der Waals surface area contributed by atoms with Gasteiger partial charge < -0.3 is 9.64 Å². The summed E-state index contributed by atoms with van der Waals surface area (Å²) < 4.78 is 74.6. The predicted molar refractivity (Wildman–Crippen MR) is 132 cm³/mol. The molecule has 0 spiro atoms. The lowest BCUT2D eigenvalue weighted by Gasteiger charge is -2.33. The molecular formula is C24H28F3N5O4S. The van der Waals surface area contributed by atoms with Crippen LogP contribution < -0.4 is 14.4 Å². The maximum Gasteiger partial charge on any atom is 0.281 e. The van der Waals surface area contributed by atoms with Crippen molar-refractivity contribution in [2.45, 2.75) is 37.6 Å². The number of pyridine rings is 1. The minimum absolute atomic E-state index is 0. The monoisotopic (exact) mass is 539 g/mol. The molecule has 0 aliphatic carbocycles. The molecule has 0 radical (unpaired) electrons. The third kappa shape index (κ3) is 6.40. The SMILES string of the molecule is CC(C)COc1cc(F)cc(-c2ccc(C(=O)NS(=O)(=O)c3ccn[nH]3)c(N3CCC(F)(F)CC3)n2)c1.[HH]. The summed E-state index contributed by atoms with van der Waals surface area (Å²) in [4.78, 5) is 19.0. The molecule has 1 saturated heterocycles. The summed E-state index contributed by atoms with van der Waals surface area (Å²) in [5.41, 5.74) is 0.471. The minimum Gasteiger partial charge on any atom is -0.493 e. The van der Waals surface area contributed by atoms with Crippen LogP contribution in [0.1, 0.15) is 38.5 Å². The van der Waals surface area contributed by atoms with Crippen molar-refractivity contribution in [3.63, 3.8) is 0 Å². The third-order valence-electron chi connectivity index (χ3n) is 5.66. The number of rotatable bonds is 8. The number of anilines is 1. The van der Waals surface area contributed by atoms with E-state index < -0.39 is 40.5 Å². The molecule has 0 atom stereocenters. The molecule has 1 aromatic carbocycles. The van der Waals surface area contributed by atoms with Crippen LogP contribution in [0.2, 0.25) is 0 Å². The third-order valence-corrected chi connectivity index (χ3v) is 6.92. The van der Waals surface area contributed by atoms with Gasteiger partial charge in [0, 0.05) is 39.0 Å². The lowest BCUT2D eigenvalue weighted by molar-refractivity contribution is -0.0221. The molecule has 4 rings (SSSR count). The van der Waals surface area contributed by atoms with E-state index in [9.17, 15) is 26.4 Å². The van der Waals surface area contributed by atoms with Crippen molar-refractivity contribution in [2.24, 2.45) is 5.92 Å². The molecule has 1 aliphatic rings. The number of hydrogen-bond acceptors (Lipinski definition) is 7. The fourth-order valence-electron chi connectivity index (χ4n) is 3.75. The lowest BCUT2D eigenvalue weighted by Crippen LogP contribution is -2.41. The molecule has 1 amide bonds. The zero-order valence-electron chi connectivity index (χ0n) is 20.2. The van der Waals surface area contributed by atoms with Crippen molar-refractivity contribution in [2.75, 3.05) is 24.6 Å². The quantitative estimate of drug-likeness (QED) is 0.440. The van der Waals surface area contributed by atoms with Crippen LogP contribution in [-0.4, -0.2) is 55.1 Å². The Hall–Kier alpha value is -3.61. The molecule has 37 heavy (non-hydrogen) atoms. The molecule has 0 unspecified atom stereocenters. The van der Waals surface area contributed by atoms with E-state index in [0.717, 1.165) is 0 Å². The van der Waals surface area contributed by atoms with Crippen molar-refractivity contribution in [1.29, 1.82) is 0 Å². The van der Waals surface area contributed by atoms with Gasteiger partial charge in [0.25, 0.3) is 21.9 Å². The van der Waals surface area contributed by atoms with E-state index >= 15 is 0 Å². The Morgan fingerprint density at radius 1 is 1.22 bits per heavy atom. The van der Waals surface area contributed by atoms with Crippen LogP contribution in [0.15, 0.2) is 47.6 Å². The zero-order chi connectivity index (χ0) is 26.8. The highest BCUT2D eigenvalue weighted by Crippen LogP contribution is 2.33. The Morgan fingerprint density at radius 2 is 1.95 bits per heavy atom. The van der Waals surface area contributed by atoms with Gasteiger partial charge in [0.05, 0.1) is 24.1 Å². The number of nitrogens with one attached hydrogen (secondary N) is 2. The number of H-pyrrole nitrogens is 1. The Labute approximate surface area is 213 Å². The van der Waals surface area contributed by atoms with Gasteiger partial charge in [-0.25, -0.2) is 22.9 Å². The summed E-state index contributed by atoms with van der Waals surface area (Å²) in [7, 11) is -4.27. The number of aromatic amines is 1. The Balaban J connectivity index is 0.00000400. The van der Waals surface area contributed by atoms with Crippen molar-refractivity contribution < 1.29 is 32.5 Å². The summed E-state index contributed by atoms with van der Waals surface area (Å²) in [5.74, 6) is -3.90. The van der Waals surface area contributed by atoms with Crippen LogP contribution in [0.5, 0.6) is 5.75 Å². The number of hydrogen-bond donors (Lipinski definition) is 2. The van der Waals surface area contributed by atoms with Gasteiger partial charge in [-0.15, -0.1) is 0 Å². The molecular weight excluding hydrogens is 511 g/mol. The number of nitrogens with zero attached hydrogens (tertiary/aromatic N) is 3. The van der Waals surface area contributed by atoms with E-state index in [1.165, 1.54) is 41.4 Å². The topological polar surface area (TPSA) is 117 Å². The normalized spacial score (nSPS) is 15.6. The first-order chi connectivity index (χ1) is 17.4. The summed E-state index contributed by atoms with van der Waals surface area (Å²) in [5, 5.41) is 5.52. The first kappa shape index (κ1) is 26.5. The van der Waals surface area contributed by atoms with Gasteiger partial charge in [0.1, 0.15) is 17.4 Å². The Kier molecular flexibility index (Phi) is 7.44. The molecule has 1 aliphatic heterocycles. The summed E-state index contributed by atoms with van der Waals surface area (Å²) in [6.07, 6.45) is 0.298. The number of carbonyl (C=O) groups is 1. The fraction of sp³-hybridized carbons (Fsp3) is 0.375. The average Bonchev–Trinajstić information content (AvgIpc) is 3.38. The number of aromatic nitrogens is 3. The fourth-order valence-corrected chi connectivity index (χ4v) is 4.63. The van der Waals surface area contributed by atoms with Gasteiger partial charge in [-0.1, -0.05) is 13.8 Å². The highest BCUT2D eigenvalue weighted by Gasteiger charge is 2.36. The smallest absolute Gasteiger partial charge is 0.281 e. The van der Waals surface area contributed by atoms with Crippen molar-refractivity contribution in [3.8, 4) is 17.0 Å². The van der Waals surface area contributed by atoms with Crippen LogP contribution in [0.4, 0.5) is 19.0 Å². The van der Waals surface area contributed by atoms with Gasteiger partial charge in [0.15, 0.2) is 5.03 Å². The predicted octanol–water partition coefficient (Wildman–Crippen LogP) is 4.25. The van der Waals surface area contributed by atoms with Crippen molar-refractivity contribution >= 4 is 21.7 Å². The number of carbonyl (C=O) groups excluding carboxylic acids is 1. The van der Waals surface area contributed by atoms with Crippen molar-refractivity contribution in [3.05, 3.63) is 54.0 Å². The molecule has 9 nitrogen and oxygen atoms in total. The molecule has 1 fully saturated rings. The number of halogens is 3. The number of benzene rings is 1. The lowest BCUT2D eigenvalue weighted by atomic mass is 10.0. The van der Waals surface area contributed by atoms with E-state index in [4.69, 9.17) is 4.74 Å². The molecule has 200 valence electrons. The van der Waals surface area contributed by atoms with Gasteiger partial charge >= 0.3 is 0 Å². The second kappa shape index (κ2) is 10.4. The number of alkyl halides is 2. The van der Waals surface area contributed by atoms with Crippen molar-refractivity contribution in [1.82, 2.24) is 19.9 Å². The summed E-state index contributed by atoms with van der Waals surface area (Å²) in [6.45, 7) is 4.05. The average molecular weight is 540 g/mol. The van der Waals surface area contributed by atoms with Gasteiger partial charge in [0.2, 0.25) is 0 Å². The van der Waals surface area contributed by atoms with E-state index in [0.29, 0.717) is 12.2 Å². The van der Waals surface area contributed by atoms with Gasteiger partial charge in [-0.05, 0) is 36.2 Å². The van der Waals surface area contributed by atoms with Crippen LogP contribution in [0.3, 0.4) is 0 Å². The second-order valence-electron chi connectivity index (χ2n) is 9.15. The van der Waals surface area contributed by atoms with E-state index in [1.54, 1.807) is 6.07 Å². The molecule has 0 saturated carbocycles. The molecule has 13 heteroatoms. The van der Waals surface area contributed by atoms with Crippen LogP contribution in [0, 0.1) is 11.7 Å². The van der Waals surface area contributed by atoms with Crippen LogP contribution >= 0.6 is 0 Å². The second-order valence-corrected chi connectivity index (χ2v) is 10.8. The number of sulfonamides is 1. The Morgan fingerprint density at radius 3 is 2.59 bits per heavy atom. The largest absolute Gasteiger partial charge is 0.493 e. The maximum atomic E-state index is 14.4. The van der Waals surface area contributed by atoms with Crippen LogP contribution in [0.25, 0.3) is 11.3 Å². The molecule has 2 aromatic heterocycles. The summed E-state index contributed by atoms with van der Waals surface area (Å²) >= 11 is 0. The minimum atomic E-state index is -4.27. The molecule has 2 N–H and O–H groups in total.